The molecule has 0 spiro atoms. The molecule has 6 N–H and O–H groups in total. The number of carbonyl (C=O) groups excluding carboxylic acids is 6. The summed E-state index contributed by atoms with van der Waals surface area (Å²) in [5, 5.41) is 15.8. The monoisotopic (exact) mass is 924 g/mol. The molecule has 67 heavy (non-hydrogen) atoms. The summed E-state index contributed by atoms with van der Waals surface area (Å²) in [5.41, 5.74) is 5.55. The molecule has 0 radical (unpaired) electrons. The van der Waals surface area contributed by atoms with Crippen molar-refractivity contribution in [2.24, 2.45) is 9.98 Å². The van der Waals surface area contributed by atoms with Gasteiger partial charge in [-0.25, -0.2) is 33.8 Å². The van der Waals surface area contributed by atoms with Crippen LogP contribution in [0, 0.1) is 27.7 Å². The lowest BCUT2D eigenvalue weighted by Gasteiger charge is -2.28. The van der Waals surface area contributed by atoms with E-state index in [2.05, 4.69) is 57.4 Å². The van der Waals surface area contributed by atoms with Crippen molar-refractivity contribution >= 4 is 76.7 Å². The summed E-state index contributed by atoms with van der Waals surface area (Å²) in [6, 6.07) is 23.5. The lowest BCUT2D eigenvalue weighted by molar-refractivity contribution is 0.0970. The van der Waals surface area contributed by atoms with Crippen LogP contribution in [0.3, 0.4) is 0 Å². The van der Waals surface area contributed by atoms with E-state index in [4.69, 9.17) is 18.9 Å². The van der Waals surface area contributed by atoms with Crippen LogP contribution in [0.1, 0.15) is 61.1 Å². The van der Waals surface area contributed by atoms with Crippen molar-refractivity contribution in [3.63, 3.8) is 0 Å². The standard InChI is InChI=1S/C47H56N8O12/c1-28-12-16-33(24-36(28)47(7,8)55-45(61)67-22-21-65-43(59)51-35-18-14-31(4)39(26-35)53-41(57)63-10)48-27-49-46(5,6)32-15-11-29(2)37(23-32)54-44(60)66-20-19-64-42(58)50-34-17-13-30(3)38(25-34)52-40(56)62-9/h11-18,23-26H,19-22H2,1-10H3,(H,50,58)(H,51,59)(H,52,56)(H,53,57)(H,54,60)(H,55,61). The van der Waals surface area contributed by atoms with Gasteiger partial charge < -0.3 is 33.7 Å². The number of hydrogen-bond donors (Lipinski definition) is 6. The van der Waals surface area contributed by atoms with E-state index in [-0.39, 0.29) is 26.4 Å². The Morgan fingerprint density at radius 2 is 0.925 bits per heavy atom. The first kappa shape index (κ1) is 51.5. The third-order valence-electron chi connectivity index (χ3n) is 9.91. The Labute approximate surface area is 388 Å². The first-order chi connectivity index (χ1) is 31.7. The fourth-order valence-electron chi connectivity index (χ4n) is 6.10. The second-order valence-corrected chi connectivity index (χ2v) is 15.9. The van der Waals surface area contributed by atoms with Crippen LogP contribution in [0.2, 0.25) is 0 Å². The minimum absolute atomic E-state index is 0.216. The normalized spacial score (nSPS) is 10.8. The lowest BCUT2D eigenvalue weighted by atomic mass is 9.90. The first-order valence-corrected chi connectivity index (χ1v) is 20.8. The third-order valence-corrected chi connectivity index (χ3v) is 9.91. The highest BCUT2D eigenvalue weighted by molar-refractivity contribution is 5.91. The maximum absolute atomic E-state index is 12.8. The Hall–Kier alpha value is -8.12. The van der Waals surface area contributed by atoms with Crippen LogP contribution >= 0.6 is 0 Å². The van der Waals surface area contributed by atoms with Gasteiger partial charge in [-0.3, -0.25) is 26.6 Å². The van der Waals surface area contributed by atoms with Crippen molar-refractivity contribution in [1.29, 1.82) is 0 Å². The minimum Gasteiger partial charge on any atom is -0.453 e. The van der Waals surface area contributed by atoms with Crippen molar-refractivity contribution in [3.05, 3.63) is 106 Å². The molecule has 4 rings (SSSR count). The van der Waals surface area contributed by atoms with Gasteiger partial charge in [-0.1, -0.05) is 30.3 Å². The van der Waals surface area contributed by atoms with Gasteiger partial charge in [-0.15, -0.1) is 0 Å². The molecule has 6 amide bonds. The summed E-state index contributed by atoms with van der Waals surface area (Å²) >= 11 is 0. The van der Waals surface area contributed by atoms with Crippen molar-refractivity contribution in [3.8, 4) is 0 Å². The van der Waals surface area contributed by atoms with Gasteiger partial charge in [0.25, 0.3) is 0 Å². The minimum atomic E-state index is -0.907. The van der Waals surface area contributed by atoms with E-state index in [1.165, 1.54) is 14.2 Å². The number of ether oxygens (including phenoxy) is 6. The number of anilines is 5. The number of aliphatic imine (C=N–C) groups is 2. The Balaban J connectivity index is 1.26. The highest BCUT2D eigenvalue weighted by Crippen LogP contribution is 2.31. The molecule has 4 aromatic rings. The molecule has 0 bridgehead atoms. The molecule has 0 aliphatic heterocycles. The molecule has 20 heteroatoms. The summed E-state index contributed by atoms with van der Waals surface area (Å²) in [7, 11) is 2.48. The Kier molecular flexibility index (Phi) is 18.2. The van der Waals surface area contributed by atoms with Crippen LogP contribution in [0.25, 0.3) is 0 Å². The second kappa shape index (κ2) is 23.7. The second-order valence-electron chi connectivity index (χ2n) is 15.9. The van der Waals surface area contributed by atoms with E-state index in [0.29, 0.717) is 34.1 Å². The number of nitrogens with one attached hydrogen (secondary N) is 6. The van der Waals surface area contributed by atoms with Crippen LogP contribution in [-0.4, -0.2) is 83.2 Å². The zero-order valence-electron chi connectivity index (χ0n) is 39.1. The van der Waals surface area contributed by atoms with Gasteiger partial charge in [0, 0.05) is 28.4 Å². The molecule has 4 aromatic carbocycles. The van der Waals surface area contributed by atoms with E-state index >= 15 is 0 Å². The van der Waals surface area contributed by atoms with Crippen molar-refractivity contribution in [1.82, 2.24) is 5.32 Å². The number of benzene rings is 4. The summed E-state index contributed by atoms with van der Waals surface area (Å²) in [4.78, 5) is 82.3. The third kappa shape index (κ3) is 16.1. The molecular weight excluding hydrogens is 869 g/mol. The van der Waals surface area contributed by atoms with E-state index in [1.807, 2.05) is 45.9 Å². The van der Waals surface area contributed by atoms with Crippen molar-refractivity contribution in [2.45, 2.75) is 66.5 Å². The molecule has 0 heterocycles. The maximum Gasteiger partial charge on any atom is 0.411 e. The number of hydrogen-bond acceptors (Lipinski definition) is 14. The zero-order chi connectivity index (χ0) is 49.3. The summed E-state index contributed by atoms with van der Waals surface area (Å²) in [5.74, 6) is 0. The molecule has 20 nitrogen and oxygen atoms in total. The Morgan fingerprint density at radius 1 is 0.507 bits per heavy atom. The number of carbonyl (C=O) groups is 6. The van der Waals surface area contributed by atoms with Crippen LogP contribution in [0.5, 0.6) is 0 Å². The van der Waals surface area contributed by atoms with Gasteiger partial charge in [-0.2, -0.15) is 4.99 Å². The van der Waals surface area contributed by atoms with Crippen molar-refractivity contribution in [2.75, 3.05) is 67.2 Å². The number of methoxy groups -OCH3 is 2. The molecule has 0 aliphatic rings. The number of rotatable bonds is 16. The predicted molar refractivity (Wildman–Crippen MR) is 252 cm³/mol. The largest absolute Gasteiger partial charge is 0.453 e. The molecular formula is C47H56N8O12. The number of aryl methyl sites for hydroxylation is 4. The van der Waals surface area contributed by atoms with Gasteiger partial charge in [0.2, 0.25) is 0 Å². The molecule has 0 unspecified atom stereocenters. The van der Waals surface area contributed by atoms with Gasteiger partial charge in [-0.05, 0) is 131 Å². The van der Waals surface area contributed by atoms with E-state index in [1.54, 1.807) is 82.3 Å². The first-order valence-electron chi connectivity index (χ1n) is 20.8. The summed E-state index contributed by atoms with van der Waals surface area (Å²) in [6.45, 7) is 13.7. The summed E-state index contributed by atoms with van der Waals surface area (Å²) < 4.78 is 30.0. The van der Waals surface area contributed by atoms with Gasteiger partial charge in [0.1, 0.15) is 26.4 Å². The van der Waals surface area contributed by atoms with Crippen LogP contribution < -0.4 is 31.9 Å². The van der Waals surface area contributed by atoms with Crippen LogP contribution in [-0.2, 0) is 39.5 Å². The van der Waals surface area contributed by atoms with Gasteiger partial charge >= 0.3 is 36.6 Å². The lowest BCUT2D eigenvalue weighted by Crippen LogP contribution is -2.42. The maximum atomic E-state index is 12.8. The number of nitrogens with zero attached hydrogens (tertiary/aromatic N) is 2. The quantitative estimate of drug-likeness (QED) is 0.0349. The molecule has 0 aliphatic carbocycles. The highest BCUT2D eigenvalue weighted by atomic mass is 16.6. The van der Waals surface area contributed by atoms with Crippen LogP contribution in [0.15, 0.2) is 82.8 Å². The SMILES string of the molecule is COC(=O)Nc1cc(NC(=O)OCCOC(=O)Nc2cc(C(C)(C)N=C=Nc3ccc(C)c(C(C)(C)NC(=O)OCCOC(=O)Nc4ccc(C)c(NC(=O)OC)c4)c3)ccc2C)ccc1C. The fraction of sp³-hybridized carbons (Fsp3) is 0.340. The number of amides is 6. The van der Waals surface area contributed by atoms with E-state index < -0.39 is 47.6 Å². The number of alkyl carbamates (subject to hydrolysis) is 1. The van der Waals surface area contributed by atoms with E-state index in [9.17, 15) is 28.8 Å². The average molecular weight is 925 g/mol. The molecule has 0 atom stereocenters. The molecule has 0 saturated heterocycles. The topological polar surface area (TPSA) is 255 Å². The van der Waals surface area contributed by atoms with E-state index in [0.717, 1.165) is 33.4 Å². The molecule has 0 saturated carbocycles. The highest BCUT2D eigenvalue weighted by Gasteiger charge is 2.26. The Morgan fingerprint density at radius 3 is 1.42 bits per heavy atom. The Bertz CT molecular complexity index is 2540. The zero-order valence-corrected chi connectivity index (χ0v) is 39.1. The molecule has 0 fully saturated rings. The average Bonchev–Trinajstić information content (AvgIpc) is 3.27. The predicted octanol–water partition coefficient (Wildman–Crippen LogP) is 10.0. The fourth-order valence-corrected chi connectivity index (χ4v) is 6.10. The van der Waals surface area contributed by atoms with Crippen molar-refractivity contribution < 1.29 is 57.2 Å². The molecule has 0 aromatic heterocycles. The van der Waals surface area contributed by atoms with Gasteiger partial charge in [0.05, 0.1) is 37.0 Å². The smallest absolute Gasteiger partial charge is 0.411 e. The molecule has 356 valence electrons. The summed E-state index contributed by atoms with van der Waals surface area (Å²) in [6.07, 6.45) is -4.37. The van der Waals surface area contributed by atoms with Gasteiger partial charge in [0.15, 0.2) is 0 Å². The van der Waals surface area contributed by atoms with Crippen LogP contribution in [0.4, 0.5) is 62.9 Å².